The molecule has 0 heterocycles. The van der Waals surface area contributed by atoms with E-state index in [4.69, 9.17) is 15.6 Å². The first kappa shape index (κ1) is 15.3. The molecule has 0 fully saturated rings. The molecule has 104 valence electrons. The highest BCUT2D eigenvalue weighted by Gasteiger charge is 2.20. The summed E-state index contributed by atoms with van der Waals surface area (Å²) in [7, 11) is 0. The predicted molar refractivity (Wildman–Crippen MR) is 70.5 cm³/mol. The van der Waals surface area contributed by atoms with Crippen molar-refractivity contribution in [1.29, 1.82) is 0 Å². The van der Waals surface area contributed by atoms with Crippen LogP contribution in [-0.2, 0) is 20.9 Å². The van der Waals surface area contributed by atoms with E-state index in [0.29, 0.717) is 6.61 Å². The molecule has 0 spiro atoms. The fourth-order valence-electron chi connectivity index (χ4n) is 1.51. The zero-order valence-electron chi connectivity index (χ0n) is 10.9. The van der Waals surface area contributed by atoms with Crippen LogP contribution in [-0.4, -0.2) is 29.5 Å². The normalized spacial score (nSPS) is 13.8. The Kier molecular flexibility index (Phi) is 6.18. The molecule has 2 atom stereocenters. The van der Waals surface area contributed by atoms with E-state index < -0.39 is 17.9 Å². The Morgan fingerprint density at radius 2 is 1.95 bits per heavy atom. The Morgan fingerprint density at radius 1 is 1.32 bits per heavy atom. The van der Waals surface area contributed by atoms with E-state index in [-0.39, 0.29) is 18.8 Å². The smallest absolute Gasteiger partial charge is 0.306 e. The highest BCUT2D eigenvalue weighted by Crippen LogP contribution is 2.05. The molecule has 1 aromatic carbocycles. The molecule has 0 aromatic heterocycles. The first-order valence-corrected chi connectivity index (χ1v) is 6.13. The Balaban J connectivity index is 2.29. The fraction of sp³-hybridized carbons (Fsp3) is 0.429. The lowest BCUT2D eigenvalue weighted by atomic mass is 10.0. The minimum absolute atomic E-state index is 0.0643. The third-order valence-electron chi connectivity index (χ3n) is 2.75. The number of carbonyl (C=O) groups excluding carboxylic acids is 1. The molecular weight excluding hydrogens is 246 g/mol. The maximum Gasteiger partial charge on any atom is 0.306 e. The minimum Gasteiger partial charge on any atom is -0.481 e. The number of carbonyl (C=O) groups is 2. The Hall–Kier alpha value is -1.72. The first-order chi connectivity index (χ1) is 9.00. The molecule has 0 saturated carbocycles. The van der Waals surface area contributed by atoms with E-state index in [0.717, 1.165) is 5.56 Å². The molecule has 19 heavy (non-hydrogen) atoms. The predicted octanol–water partition coefficient (Wildman–Crippen LogP) is 1.21. The van der Waals surface area contributed by atoms with Crippen LogP contribution in [0.25, 0.3) is 0 Å². The monoisotopic (exact) mass is 265 g/mol. The number of carboxylic acids is 1. The molecule has 0 aliphatic carbocycles. The summed E-state index contributed by atoms with van der Waals surface area (Å²) in [6.07, 6.45) is -0.0643. The van der Waals surface area contributed by atoms with Crippen molar-refractivity contribution in [2.24, 2.45) is 11.7 Å². The number of hydrogen-bond acceptors (Lipinski definition) is 4. The SMILES string of the molecule is CC(CC(=O)C(N)COCc1ccccc1)C(=O)O. The van der Waals surface area contributed by atoms with Gasteiger partial charge in [-0.25, -0.2) is 0 Å². The highest BCUT2D eigenvalue weighted by atomic mass is 16.5. The fourth-order valence-corrected chi connectivity index (χ4v) is 1.51. The summed E-state index contributed by atoms with van der Waals surface area (Å²) in [5, 5.41) is 8.71. The quantitative estimate of drug-likeness (QED) is 0.737. The van der Waals surface area contributed by atoms with Crippen molar-refractivity contribution in [3.63, 3.8) is 0 Å². The average Bonchev–Trinajstić information content (AvgIpc) is 2.39. The van der Waals surface area contributed by atoms with Gasteiger partial charge in [-0.3, -0.25) is 9.59 Å². The van der Waals surface area contributed by atoms with Crippen LogP contribution in [0.5, 0.6) is 0 Å². The molecule has 5 nitrogen and oxygen atoms in total. The molecule has 1 aromatic rings. The summed E-state index contributed by atoms with van der Waals surface area (Å²) >= 11 is 0. The summed E-state index contributed by atoms with van der Waals surface area (Å²) < 4.78 is 5.35. The maximum absolute atomic E-state index is 11.6. The number of hydrogen-bond donors (Lipinski definition) is 2. The van der Waals surface area contributed by atoms with Crippen molar-refractivity contribution in [2.75, 3.05) is 6.61 Å². The van der Waals surface area contributed by atoms with E-state index in [2.05, 4.69) is 0 Å². The van der Waals surface area contributed by atoms with Crippen LogP contribution in [0.3, 0.4) is 0 Å². The molecular formula is C14H19NO4. The third kappa shape index (κ3) is 5.63. The van der Waals surface area contributed by atoms with Crippen LogP contribution in [0.2, 0.25) is 0 Å². The van der Waals surface area contributed by atoms with Crippen LogP contribution < -0.4 is 5.73 Å². The number of ether oxygens (including phenoxy) is 1. The van der Waals surface area contributed by atoms with Crippen molar-refractivity contribution >= 4 is 11.8 Å². The standard InChI is InChI=1S/C14H19NO4/c1-10(14(17)18)7-13(16)12(15)9-19-8-11-5-3-2-4-6-11/h2-6,10,12H,7-9,15H2,1H3,(H,17,18). The van der Waals surface area contributed by atoms with E-state index >= 15 is 0 Å². The molecule has 3 N–H and O–H groups in total. The molecule has 0 bridgehead atoms. The molecule has 0 radical (unpaired) electrons. The number of carboxylic acid groups (broad SMARTS) is 1. The van der Waals surface area contributed by atoms with Gasteiger partial charge in [-0.1, -0.05) is 37.3 Å². The van der Waals surface area contributed by atoms with Gasteiger partial charge in [-0.15, -0.1) is 0 Å². The molecule has 0 aliphatic rings. The second kappa shape index (κ2) is 7.66. The van der Waals surface area contributed by atoms with Gasteiger partial charge in [0.2, 0.25) is 0 Å². The topological polar surface area (TPSA) is 89.6 Å². The van der Waals surface area contributed by atoms with Crippen molar-refractivity contribution in [1.82, 2.24) is 0 Å². The lowest BCUT2D eigenvalue weighted by Gasteiger charge is -2.12. The zero-order chi connectivity index (χ0) is 14.3. The van der Waals surface area contributed by atoms with Crippen molar-refractivity contribution in [3.05, 3.63) is 35.9 Å². The second-order valence-corrected chi connectivity index (χ2v) is 4.52. The van der Waals surface area contributed by atoms with Crippen molar-refractivity contribution in [2.45, 2.75) is 26.0 Å². The van der Waals surface area contributed by atoms with Gasteiger partial charge < -0.3 is 15.6 Å². The molecule has 2 unspecified atom stereocenters. The third-order valence-corrected chi connectivity index (χ3v) is 2.75. The van der Waals surface area contributed by atoms with Gasteiger partial charge in [-0.2, -0.15) is 0 Å². The van der Waals surface area contributed by atoms with Crippen molar-refractivity contribution < 1.29 is 19.4 Å². The summed E-state index contributed by atoms with van der Waals surface area (Å²) in [6.45, 7) is 1.97. The molecule has 0 amide bonds. The van der Waals surface area contributed by atoms with Gasteiger partial charge in [0.1, 0.15) is 0 Å². The average molecular weight is 265 g/mol. The molecule has 0 aliphatic heterocycles. The van der Waals surface area contributed by atoms with Gasteiger partial charge in [0.05, 0.1) is 25.2 Å². The Morgan fingerprint density at radius 3 is 2.53 bits per heavy atom. The lowest BCUT2D eigenvalue weighted by Crippen LogP contribution is -2.36. The van der Waals surface area contributed by atoms with Gasteiger partial charge in [0.25, 0.3) is 0 Å². The maximum atomic E-state index is 11.6. The van der Waals surface area contributed by atoms with Gasteiger partial charge in [-0.05, 0) is 5.56 Å². The van der Waals surface area contributed by atoms with Crippen LogP contribution in [0, 0.1) is 5.92 Å². The van der Waals surface area contributed by atoms with Crippen LogP contribution in [0.1, 0.15) is 18.9 Å². The number of benzene rings is 1. The number of Topliss-reactive ketones (excluding diaryl/α,β-unsaturated/α-hetero) is 1. The van der Waals surface area contributed by atoms with Gasteiger partial charge in [0, 0.05) is 6.42 Å². The van der Waals surface area contributed by atoms with E-state index in [9.17, 15) is 9.59 Å². The van der Waals surface area contributed by atoms with Crippen LogP contribution in [0.15, 0.2) is 30.3 Å². The number of ketones is 1. The van der Waals surface area contributed by atoms with Gasteiger partial charge in [0.15, 0.2) is 5.78 Å². The summed E-state index contributed by atoms with van der Waals surface area (Å²) in [4.78, 5) is 22.3. The summed E-state index contributed by atoms with van der Waals surface area (Å²) in [5.41, 5.74) is 6.66. The summed E-state index contributed by atoms with van der Waals surface area (Å²) in [6, 6.07) is 8.77. The highest BCUT2D eigenvalue weighted by molar-refractivity contribution is 5.87. The largest absolute Gasteiger partial charge is 0.481 e. The zero-order valence-corrected chi connectivity index (χ0v) is 10.9. The van der Waals surface area contributed by atoms with Crippen LogP contribution in [0.4, 0.5) is 0 Å². The Labute approximate surface area is 112 Å². The van der Waals surface area contributed by atoms with E-state index in [1.807, 2.05) is 30.3 Å². The second-order valence-electron chi connectivity index (χ2n) is 4.52. The molecule has 1 rings (SSSR count). The Bertz CT molecular complexity index is 419. The first-order valence-electron chi connectivity index (χ1n) is 6.13. The molecule has 5 heteroatoms. The van der Waals surface area contributed by atoms with E-state index in [1.165, 1.54) is 6.92 Å². The minimum atomic E-state index is -0.995. The van der Waals surface area contributed by atoms with Crippen molar-refractivity contribution in [3.8, 4) is 0 Å². The molecule has 0 saturated heterocycles. The number of aliphatic carboxylic acids is 1. The number of rotatable bonds is 8. The lowest BCUT2D eigenvalue weighted by molar-refractivity contribution is -0.143. The van der Waals surface area contributed by atoms with Gasteiger partial charge >= 0.3 is 5.97 Å². The number of nitrogens with two attached hydrogens (primary N) is 1. The summed E-state index contributed by atoms with van der Waals surface area (Å²) in [5.74, 6) is -2.00. The van der Waals surface area contributed by atoms with E-state index in [1.54, 1.807) is 0 Å². The van der Waals surface area contributed by atoms with Crippen LogP contribution >= 0.6 is 0 Å².